The van der Waals surface area contributed by atoms with Gasteiger partial charge in [0.25, 0.3) is 0 Å². The van der Waals surface area contributed by atoms with Gasteiger partial charge >= 0.3 is 0 Å². The van der Waals surface area contributed by atoms with Crippen LogP contribution in [0.3, 0.4) is 0 Å². The summed E-state index contributed by atoms with van der Waals surface area (Å²) in [5, 5.41) is 3.56. The molecule has 0 amide bonds. The number of imidazole rings is 1. The summed E-state index contributed by atoms with van der Waals surface area (Å²) in [6, 6.07) is 4.65. The largest absolute Gasteiger partial charge is 0.336 e. The van der Waals surface area contributed by atoms with Crippen molar-refractivity contribution < 1.29 is 0 Å². The second-order valence-corrected chi connectivity index (χ2v) is 5.20. The molecule has 102 valence electrons. The summed E-state index contributed by atoms with van der Waals surface area (Å²) in [4.78, 5) is 4.52. The molecule has 3 heteroatoms. The summed E-state index contributed by atoms with van der Waals surface area (Å²) >= 11 is 0. The normalized spacial score (nSPS) is 12.7. The van der Waals surface area contributed by atoms with Gasteiger partial charge in [-0.15, -0.1) is 0 Å². The Balaban J connectivity index is 2.54. The summed E-state index contributed by atoms with van der Waals surface area (Å²) in [5.74, 6) is 1.07. The van der Waals surface area contributed by atoms with Crippen LogP contribution in [0.25, 0.3) is 0 Å². The first-order valence-electron chi connectivity index (χ1n) is 6.83. The maximum Gasteiger partial charge on any atom is 0.130 e. The van der Waals surface area contributed by atoms with E-state index in [1.807, 2.05) is 19.4 Å². The first-order chi connectivity index (χ1) is 9.04. The van der Waals surface area contributed by atoms with E-state index >= 15 is 0 Å². The fourth-order valence-electron chi connectivity index (χ4n) is 2.83. The summed E-state index contributed by atoms with van der Waals surface area (Å²) < 4.78 is 2.09. The molecule has 1 aromatic carbocycles. The molecule has 0 aliphatic rings. The second-order valence-electron chi connectivity index (χ2n) is 5.20. The average molecular weight is 257 g/mol. The number of hydrogen-bond donors (Lipinski definition) is 1. The first kappa shape index (κ1) is 13.8. The smallest absolute Gasteiger partial charge is 0.130 e. The first-order valence-corrected chi connectivity index (χ1v) is 6.83. The molecule has 19 heavy (non-hydrogen) atoms. The van der Waals surface area contributed by atoms with E-state index in [1.54, 1.807) is 0 Å². The van der Waals surface area contributed by atoms with Crippen molar-refractivity contribution in [2.45, 2.75) is 33.7 Å². The minimum atomic E-state index is 0.158. The molecule has 1 unspecified atom stereocenters. The number of hydrogen-bond acceptors (Lipinski definition) is 2. The Morgan fingerprint density at radius 1 is 1.21 bits per heavy atom. The molecular formula is C16H23N3. The standard InChI is InChI=1S/C16H23N3/c1-6-17-15(16-18-7-8-19(16)5)14-12(3)9-11(2)10-13(14)4/h7-10,15,17H,6H2,1-5H3. The van der Waals surface area contributed by atoms with Crippen molar-refractivity contribution in [3.8, 4) is 0 Å². The molecule has 1 N–H and O–H groups in total. The highest BCUT2D eigenvalue weighted by atomic mass is 15.1. The van der Waals surface area contributed by atoms with E-state index in [-0.39, 0.29) is 6.04 Å². The van der Waals surface area contributed by atoms with Gasteiger partial charge in [0.05, 0.1) is 6.04 Å². The van der Waals surface area contributed by atoms with Gasteiger partial charge < -0.3 is 9.88 Å². The SMILES string of the molecule is CCNC(c1c(C)cc(C)cc1C)c1nccn1C. The number of nitrogens with zero attached hydrogens (tertiary/aromatic N) is 2. The molecular weight excluding hydrogens is 234 g/mol. The highest BCUT2D eigenvalue weighted by Gasteiger charge is 2.21. The highest BCUT2D eigenvalue weighted by Crippen LogP contribution is 2.27. The van der Waals surface area contributed by atoms with Gasteiger partial charge in [-0.2, -0.15) is 0 Å². The van der Waals surface area contributed by atoms with Crippen molar-refractivity contribution in [3.05, 3.63) is 52.6 Å². The zero-order valence-corrected chi connectivity index (χ0v) is 12.5. The van der Waals surface area contributed by atoms with Gasteiger partial charge in [0.15, 0.2) is 0 Å². The molecule has 0 saturated heterocycles. The van der Waals surface area contributed by atoms with Crippen molar-refractivity contribution in [3.63, 3.8) is 0 Å². The van der Waals surface area contributed by atoms with Crippen molar-refractivity contribution in [2.24, 2.45) is 7.05 Å². The monoisotopic (exact) mass is 257 g/mol. The van der Waals surface area contributed by atoms with E-state index in [4.69, 9.17) is 0 Å². The topological polar surface area (TPSA) is 29.9 Å². The zero-order valence-electron chi connectivity index (χ0n) is 12.5. The van der Waals surface area contributed by atoms with E-state index < -0.39 is 0 Å². The number of rotatable bonds is 4. The molecule has 3 nitrogen and oxygen atoms in total. The van der Waals surface area contributed by atoms with Gasteiger partial charge in [0.2, 0.25) is 0 Å². The van der Waals surface area contributed by atoms with Gasteiger partial charge in [-0.05, 0) is 44.0 Å². The molecule has 1 atom stereocenters. The summed E-state index contributed by atoms with van der Waals surface area (Å²) in [5.41, 5.74) is 5.31. The molecule has 2 aromatic rings. The Labute approximate surface area is 115 Å². The molecule has 0 spiro atoms. The lowest BCUT2D eigenvalue weighted by Crippen LogP contribution is -2.26. The van der Waals surface area contributed by atoms with Crippen LogP contribution in [0.1, 0.15) is 41.0 Å². The second kappa shape index (κ2) is 5.57. The van der Waals surface area contributed by atoms with Crippen LogP contribution in [0.5, 0.6) is 0 Å². The molecule has 0 bridgehead atoms. The van der Waals surface area contributed by atoms with E-state index in [9.17, 15) is 0 Å². The Hall–Kier alpha value is -1.61. The lowest BCUT2D eigenvalue weighted by atomic mass is 9.93. The van der Waals surface area contributed by atoms with Gasteiger partial charge in [0.1, 0.15) is 5.82 Å². The van der Waals surface area contributed by atoms with Crippen LogP contribution in [-0.4, -0.2) is 16.1 Å². The van der Waals surface area contributed by atoms with E-state index in [0.717, 1.165) is 12.4 Å². The van der Waals surface area contributed by atoms with E-state index in [0.29, 0.717) is 0 Å². The minimum absolute atomic E-state index is 0.158. The zero-order chi connectivity index (χ0) is 14.0. The molecule has 0 aliphatic heterocycles. The van der Waals surface area contributed by atoms with E-state index in [2.05, 4.69) is 54.7 Å². The lowest BCUT2D eigenvalue weighted by molar-refractivity contribution is 0.572. The molecule has 0 aliphatic carbocycles. The highest BCUT2D eigenvalue weighted by molar-refractivity contribution is 5.42. The van der Waals surface area contributed by atoms with Crippen molar-refractivity contribution >= 4 is 0 Å². The fourth-order valence-corrected chi connectivity index (χ4v) is 2.83. The molecule has 1 heterocycles. The molecule has 2 rings (SSSR count). The van der Waals surface area contributed by atoms with Gasteiger partial charge in [-0.1, -0.05) is 24.6 Å². The van der Waals surface area contributed by atoms with Crippen LogP contribution in [0, 0.1) is 20.8 Å². The van der Waals surface area contributed by atoms with E-state index in [1.165, 1.54) is 22.3 Å². The number of aryl methyl sites for hydroxylation is 4. The Morgan fingerprint density at radius 2 is 1.84 bits per heavy atom. The lowest BCUT2D eigenvalue weighted by Gasteiger charge is -2.22. The van der Waals surface area contributed by atoms with Crippen molar-refractivity contribution in [1.82, 2.24) is 14.9 Å². The number of nitrogens with one attached hydrogen (secondary N) is 1. The van der Waals surface area contributed by atoms with Crippen molar-refractivity contribution in [2.75, 3.05) is 6.54 Å². The summed E-state index contributed by atoms with van der Waals surface area (Å²) in [6.07, 6.45) is 3.86. The maximum absolute atomic E-state index is 4.52. The number of benzene rings is 1. The third-order valence-corrected chi connectivity index (χ3v) is 3.55. The third-order valence-electron chi connectivity index (χ3n) is 3.55. The van der Waals surface area contributed by atoms with Crippen LogP contribution in [0.2, 0.25) is 0 Å². The Kier molecular flexibility index (Phi) is 4.05. The molecule has 0 fully saturated rings. The Morgan fingerprint density at radius 3 is 2.32 bits per heavy atom. The van der Waals surface area contributed by atoms with Crippen LogP contribution in [0.15, 0.2) is 24.5 Å². The average Bonchev–Trinajstić information content (AvgIpc) is 2.73. The predicted octanol–water partition coefficient (Wildman–Crippen LogP) is 3.04. The maximum atomic E-state index is 4.52. The summed E-state index contributed by atoms with van der Waals surface area (Å²) in [6.45, 7) is 9.57. The van der Waals surface area contributed by atoms with Crippen LogP contribution in [0.4, 0.5) is 0 Å². The summed E-state index contributed by atoms with van der Waals surface area (Å²) in [7, 11) is 2.05. The molecule has 1 aromatic heterocycles. The van der Waals surface area contributed by atoms with Gasteiger partial charge in [-0.25, -0.2) is 4.98 Å². The molecule has 0 saturated carbocycles. The van der Waals surface area contributed by atoms with Crippen LogP contribution < -0.4 is 5.32 Å². The fraction of sp³-hybridized carbons (Fsp3) is 0.438. The Bertz CT molecular complexity index is 546. The van der Waals surface area contributed by atoms with Gasteiger partial charge in [0, 0.05) is 19.4 Å². The predicted molar refractivity (Wildman–Crippen MR) is 79.4 cm³/mol. The minimum Gasteiger partial charge on any atom is -0.336 e. The molecule has 0 radical (unpaired) electrons. The third kappa shape index (κ3) is 2.71. The van der Waals surface area contributed by atoms with Gasteiger partial charge in [-0.3, -0.25) is 0 Å². The van der Waals surface area contributed by atoms with Crippen LogP contribution >= 0.6 is 0 Å². The quantitative estimate of drug-likeness (QED) is 0.912. The van der Waals surface area contributed by atoms with Crippen LogP contribution in [-0.2, 0) is 7.05 Å². The number of aromatic nitrogens is 2. The van der Waals surface area contributed by atoms with Crippen molar-refractivity contribution in [1.29, 1.82) is 0 Å².